The Bertz CT molecular complexity index is 371. The summed E-state index contributed by atoms with van der Waals surface area (Å²) in [6.45, 7) is 2.55. The van der Waals surface area contributed by atoms with Crippen LogP contribution >= 0.6 is 0 Å². The second-order valence-corrected chi connectivity index (χ2v) is 3.55. The van der Waals surface area contributed by atoms with Gasteiger partial charge in [0.1, 0.15) is 11.5 Å². The second kappa shape index (κ2) is 5.98. The number of carbonyl (C=O) groups excluding carboxylic acids is 1. The maximum Gasteiger partial charge on any atom is 0.321 e. The zero-order valence-electron chi connectivity index (χ0n) is 10.6. The van der Waals surface area contributed by atoms with Crippen LogP contribution in [-0.2, 0) is 0 Å². The molecule has 0 heterocycles. The van der Waals surface area contributed by atoms with Crippen molar-refractivity contribution in [3.8, 4) is 11.5 Å². The molecular weight excluding hydrogens is 220 g/mol. The van der Waals surface area contributed by atoms with Crippen molar-refractivity contribution in [2.24, 2.45) is 0 Å². The predicted molar refractivity (Wildman–Crippen MR) is 66.9 cm³/mol. The van der Waals surface area contributed by atoms with Gasteiger partial charge in [-0.15, -0.1) is 0 Å². The molecule has 2 amide bonds. The number of hydrogen-bond acceptors (Lipinski definition) is 3. The standard InChI is InChI=1S/C12H18N2O3/c1-5-14(2)12(15)13-9-6-10(16-3)8-11(7-9)17-4/h6-8H,5H2,1-4H3,(H,13,15). The molecule has 5 heteroatoms. The quantitative estimate of drug-likeness (QED) is 0.874. The van der Waals surface area contributed by atoms with Crippen LogP contribution in [0.1, 0.15) is 6.92 Å². The van der Waals surface area contributed by atoms with Crippen molar-refractivity contribution < 1.29 is 14.3 Å². The van der Waals surface area contributed by atoms with Crippen LogP contribution in [0.4, 0.5) is 10.5 Å². The van der Waals surface area contributed by atoms with Crippen molar-refractivity contribution >= 4 is 11.7 Å². The Kier molecular flexibility index (Phi) is 4.63. The number of carbonyl (C=O) groups is 1. The van der Waals surface area contributed by atoms with Gasteiger partial charge >= 0.3 is 6.03 Å². The van der Waals surface area contributed by atoms with Crippen LogP contribution < -0.4 is 14.8 Å². The molecule has 1 N–H and O–H groups in total. The van der Waals surface area contributed by atoms with E-state index < -0.39 is 0 Å². The zero-order valence-corrected chi connectivity index (χ0v) is 10.6. The molecule has 0 saturated carbocycles. The molecule has 0 spiro atoms. The third-order valence-corrected chi connectivity index (χ3v) is 2.42. The van der Waals surface area contributed by atoms with Gasteiger partial charge in [0.15, 0.2) is 0 Å². The fourth-order valence-corrected chi connectivity index (χ4v) is 1.24. The maximum absolute atomic E-state index is 11.7. The van der Waals surface area contributed by atoms with E-state index in [-0.39, 0.29) is 6.03 Å². The van der Waals surface area contributed by atoms with E-state index in [2.05, 4.69) is 5.32 Å². The Morgan fingerprint density at radius 1 is 1.24 bits per heavy atom. The molecule has 0 saturated heterocycles. The highest BCUT2D eigenvalue weighted by Gasteiger charge is 2.08. The van der Waals surface area contributed by atoms with E-state index in [4.69, 9.17) is 9.47 Å². The minimum atomic E-state index is -0.164. The van der Waals surface area contributed by atoms with E-state index in [1.807, 2.05) is 6.92 Å². The molecule has 0 radical (unpaired) electrons. The molecule has 0 aliphatic carbocycles. The molecule has 0 bridgehead atoms. The molecule has 0 fully saturated rings. The highest BCUT2D eigenvalue weighted by Crippen LogP contribution is 2.25. The number of ether oxygens (including phenoxy) is 2. The average molecular weight is 238 g/mol. The fourth-order valence-electron chi connectivity index (χ4n) is 1.24. The first kappa shape index (κ1) is 13.2. The van der Waals surface area contributed by atoms with E-state index in [0.29, 0.717) is 23.7 Å². The van der Waals surface area contributed by atoms with Gasteiger partial charge in [-0.25, -0.2) is 4.79 Å². The van der Waals surface area contributed by atoms with E-state index in [9.17, 15) is 4.79 Å². The van der Waals surface area contributed by atoms with Crippen LogP contribution in [0.2, 0.25) is 0 Å². The van der Waals surface area contributed by atoms with Gasteiger partial charge in [0.05, 0.1) is 14.2 Å². The maximum atomic E-state index is 11.7. The molecule has 5 nitrogen and oxygen atoms in total. The predicted octanol–water partition coefficient (Wildman–Crippen LogP) is 2.19. The summed E-state index contributed by atoms with van der Waals surface area (Å²) in [5, 5.41) is 2.77. The Morgan fingerprint density at radius 2 is 1.76 bits per heavy atom. The summed E-state index contributed by atoms with van der Waals surface area (Å²) in [7, 11) is 4.86. The number of nitrogens with one attached hydrogen (secondary N) is 1. The van der Waals surface area contributed by atoms with Crippen LogP contribution in [0.3, 0.4) is 0 Å². The lowest BCUT2D eigenvalue weighted by atomic mass is 10.3. The van der Waals surface area contributed by atoms with Gasteiger partial charge in [0.2, 0.25) is 0 Å². The Labute approximate surface area is 101 Å². The van der Waals surface area contributed by atoms with Crippen LogP contribution in [0.25, 0.3) is 0 Å². The molecule has 1 aromatic carbocycles. The first-order valence-electron chi connectivity index (χ1n) is 5.36. The summed E-state index contributed by atoms with van der Waals surface area (Å²) >= 11 is 0. The summed E-state index contributed by atoms with van der Waals surface area (Å²) in [5.41, 5.74) is 0.645. The lowest BCUT2D eigenvalue weighted by Gasteiger charge is -2.16. The first-order valence-corrected chi connectivity index (χ1v) is 5.36. The van der Waals surface area contributed by atoms with Crippen molar-refractivity contribution in [1.82, 2.24) is 4.90 Å². The van der Waals surface area contributed by atoms with Crippen molar-refractivity contribution in [2.45, 2.75) is 6.92 Å². The Morgan fingerprint density at radius 3 is 2.18 bits per heavy atom. The number of anilines is 1. The van der Waals surface area contributed by atoms with Crippen molar-refractivity contribution in [3.63, 3.8) is 0 Å². The zero-order chi connectivity index (χ0) is 12.8. The SMILES string of the molecule is CCN(C)C(=O)Nc1cc(OC)cc(OC)c1. The van der Waals surface area contributed by atoms with E-state index >= 15 is 0 Å². The summed E-state index contributed by atoms with van der Waals surface area (Å²) in [6.07, 6.45) is 0. The minimum Gasteiger partial charge on any atom is -0.497 e. The number of amides is 2. The van der Waals surface area contributed by atoms with E-state index in [1.54, 1.807) is 44.4 Å². The minimum absolute atomic E-state index is 0.164. The molecule has 0 unspecified atom stereocenters. The number of hydrogen-bond donors (Lipinski definition) is 1. The van der Waals surface area contributed by atoms with Crippen molar-refractivity contribution in [1.29, 1.82) is 0 Å². The van der Waals surface area contributed by atoms with Gasteiger partial charge in [0.25, 0.3) is 0 Å². The van der Waals surface area contributed by atoms with Gasteiger partial charge in [0, 0.05) is 37.5 Å². The topological polar surface area (TPSA) is 50.8 Å². The van der Waals surface area contributed by atoms with Gasteiger partial charge in [-0.2, -0.15) is 0 Å². The average Bonchev–Trinajstić information content (AvgIpc) is 2.36. The highest BCUT2D eigenvalue weighted by atomic mass is 16.5. The lowest BCUT2D eigenvalue weighted by Crippen LogP contribution is -2.30. The number of benzene rings is 1. The van der Waals surface area contributed by atoms with Gasteiger partial charge in [-0.1, -0.05) is 0 Å². The largest absolute Gasteiger partial charge is 0.497 e. The molecule has 1 rings (SSSR count). The number of nitrogens with zero attached hydrogens (tertiary/aromatic N) is 1. The van der Waals surface area contributed by atoms with Gasteiger partial charge < -0.3 is 19.7 Å². The van der Waals surface area contributed by atoms with Gasteiger partial charge in [-0.05, 0) is 6.92 Å². The molecular formula is C12H18N2O3. The number of urea groups is 1. The number of rotatable bonds is 4. The van der Waals surface area contributed by atoms with Crippen LogP contribution in [0.15, 0.2) is 18.2 Å². The number of methoxy groups -OCH3 is 2. The molecule has 0 aliphatic rings. The molecule has 0 atom stereocenters. The van der Waals surface area contributed by atoms with E-state index in [0.717, 1.165) is 0 Å². The first-order chi connectivity index (χ1) is 8.10. The van der Waals surface area contributed by atoms with Crippen molar-refractivity contribution in [3.05, 3.63) is 18.2 Å². The fraction of sp³-hybridized carbons (Fsp3) is 0.417. The van der Waals surface area contributed by atoms with Crippen LogP contribution in [0.5, 0.6) is 11.5 Å². The van der Waals surface area contributed by atoms with Crippen LogP contribution in [-0.4, -0.2) is 38.7 Å². The Balaban J connectivity index is 2.86. The van der Waals surface area contributed by atoms with E-state index in [1.165, 1.54) is 0 Å². The third kappa shape index (κ3) is 3.55. The third-order valence-electron chi connectivity index (χ3n) is 2.42. The monoisotopic (exact) mass is 238 g/mol. The molecule has 94 valence electrons. The van der Waals surface area contributed by atoms with Crippen molar-refractivity contribution in [2.75, 3.05) is 33.1 Å². The normalized spacial score (nSPS) is 9.65. The second-order valence-electron chi connectivity index (χ2n) is 3.55. The summed E-state index contributed by atoms with van der Waals surface area (Å²) < 4.78 is 10.2. The highest BCUT2D eigenvalue weighted by molar-refractivity contribution is 5.89. The van der Waals surface area contributed by atoms with Gasteiger partial charge in [-0.3, -0.25) is 0 Å². The molecule has 0 aliphatic heterocycles. The summed E-state index contributed by atoms with van der Waals surface area (Å²) in [4.78, 5) is 13.3. The molecule has 1 aromatic rings. The Hall–Kier alpha value is -1.91. The summed E-state index contributed by atoms with van der Waals surface area (Å²) in [5.74, 6) is 1.28. The van der Waals surface area contributed by atoms with Crippen LogP contribution in [0, 0.1) is 0 Å². The summed E-state index contributed by atoms with van der Waals surface area (Å²) in [6, 6.07) is 5.07. The lowest BCUT2D eigenvalue weighted by molar-refractivity contribution is 0.224. The molecule has 0 aromatic heterocycles. The molecule has 17 heavy (non-hydrogen) atoms. The smallest absolute Gasteiger partial charge is 0.321 e.